The van der Waals surface area contributed by atoms with E-state index < -0.39 is 11.7 Å². The van der Waals surface area contributed by atoms with Crippen LogP contribution in [0.1, 0.15) is 25.0 Å². The SMILES string of the molecule is COc1cc2c(N(c3cccc(F)c3)c3cc(CC(N)=O)[nH]n3)ncnc2cc1OCCCN1CCCC1. The van der Waals surface area contributed by atoms with Gasteiger partial charge in [-0.1, -0.05) is 6.07 Å². The van der Waals surface area contributed by atoms with Crippen molar-refractivity contribution in [1.82, 2.24) is 25.1 Å². The maximum atomic E-state index is 14.3. The summed E-state index contributed by atoms with van der Waals surface area (Å²) in [5, 5.41) is 7.82. The van der Waals surface area contributed by atoms with Crippen molar-refractivity contribution in [3.8, 4) is 11.5 Å². The van der Waals surface area contributed by atoms with Crippen LogP contribution >= 0.6 is 0 Å². The standard InChI is InChI=1S/C27H30FN7O3/c1-37-23-15-21-22(16-24(23)38-11-5-10-34-8-2-3-9-34)30-17-31-27(21)35(20-7-4-6-18(28)12-20)26-14-19(32-33-26)13-25(29)36/h4,6-7,12,14-17H,2-3,5,8-11,13H2,1H3,(H2,29,36)(H,32,33). The predicted octanol–water partition coefficient (Wildman–Crippen LogP) is 3.86. The minimum atomic E-state index is -0.498. The van der Waals surface area contributed by atoms with Gasteiger partial charge in [0.25, 0.3) is 0 Å². The number of nitrogens with two attached hydrogens (primary N) is 1. The summed E-state index contributed by atoms with van der Waals surface area (Å²) < 4.78 is 26.0. The normalized spacial score (nSPS) is 13.6. The minimum Gasteiger partial charge on any atom is -0.493 e. The average molecular weight is 520 g/mol. The van der Waals surface area contributed by atoms with Crippen molar-refractivity contribution in [3.05, 3.63) is 60.3 Å². The maximum Gasteiger partial charge on any atom is 0.223 e. The zero-order valence-corrected chi connectivity index (χ0v) is 21.2. The van der Waals surface area contributed by atoms with Crippen molar-refractivity contribution in [2.24, 2.45) is 5.73 Å². The molecule has 1 fully saturated rings. The van der Waals surface area contributed by atoms with Crippen molar-refractivity contribution in [2.75, 3.05) is 38.3 Å². The molecule has 1 amide bonds. The maximum absolute atomic E-state index is 14.3. The summed E-state index contributed by atoms with van der Waals surface area (Å²) >= 11 is 0. The first-order valence-corrected chi connectivity index (χ1v) is 12.6. The summed E-state index contributed by atoms with van der Waals surface area (Å²) in [4.78, 5) is 24.6. The van der Waals surface area contributed by atoms with Crippen molar-refractivity contribution in [3.63, 3.8) is 0 Å². The summed E-state index contributed by atoms with van der Waals surface area (Å²) in [6, 6.07) is 11.4. The van der Waals surface area contributed by atoms with E-state index in [9.17, 15) is 9.18 Å². The third-order valence-electron chi connectivity index (χ3n) is 6.46. The lowest BCUT2D eigenvalue weighted by Crippen LogP contribution is -2.21. The van der Waals surface area contributed by atoms with Crippen LogP contribution in [0.4, 0.5) is 21.7 Å². The molecule has 0 aliphatic carbocycles. The van der Waals surface area contributed by atoms with Crippen LogP contribution in [0.15, 0.2) is 48.8 Å². The molecule has 198 valence electrons. The summed E-state index contributed by atoms with van der Waals surface area (Å²) in [6.45, 7) is 3.87. The van der Waals surface area contributed by atoms with Crippen LogP contribution in [0.25, 0.3) is 10.9 Å². The number of nitrogens with zero attached hydrogens (tertiary/aromatic N) is 5. The fourth-order valence-corrected chi connectivity index (χ4v) is 4.70. The molecule has 0 bridgehead atoms. The molecule has 0 spiro atoms. The molecule has 11 heteroatoms. The highest BCUT2D eigenvalue weighted by Gasteiger charge is 2.22. The fraction of sp³-hybridized carbons (Fsp3) is 0.333. The first-order chi connectivity index (χ1) is 18.5. The highest BCUT2D eigenvalue weighted by Crippen LogP contribution is 2.40. The van der Waals surface area contributed by atoms with Gasteiger partial charge in [-0.15, -0.1) is 0 Å². The summed E-state index contributed by atoms with van der Waals surface area (Å²) in [7, 11) is 1.58. The predicted molar refractivity (Wildman–Crippen MR) is 142 cm³/mol. The number of carbonyl (C=O) groups is 1. The van der Waals surface area contributed by atoms with Gasteiger partial charge >= 0.3 is 0 Å². The molecular formula is C27H30FN7O3. The molecule has 4 aromatic rings. The molecule has 3 heterocycles. The van der Waals surface area contributed by atoms with Gasteiger partial charge in [-0.2, -0.15) is 5.10 Å². The van der Waals surface area contributed by atoms with Crippen LogP contribution < -0.4 is 20.1 Å². The number of aromatic nitrogens is 4. The minimum absolute atomic E-state index is 0.0131. The third-order valence-corrected chi connectivity index (χ3v) is 6.46. The Kier molecular flexibility index (Phi) is 7.64. The monoisotopic (exact) mass is 519 g/mol. The zero-order chi connectivity index (χ0) is 26.5. The Morgan fingerprint density at radius 2 is 2.00 bits per heavy atom. The number of rotatable bonds is 11. The number of hydrogen-bond donors (Lipinski definition) is 2. The van der Waals surface area contributed by atoms with Crippen molar-refractivity contribution >= 4 is 34.1 Å². The van der Waals surface area contributed by atoms with E-state index in [1.54, 1.807) is 30.2 Å². The van der Waals surface area contributed by atoms with Gasteiger partial charge in [-0.05, 0) is 56.6 Å². The number of anilines is 3. The quantitative estimate of drug-likeness (QED) is 0.287. The van der Waals surface area contributed by atoms with Crippen molar-refractivity contribution in [1.29, 1.82) is 0 Å². The Morgan fingerprint density at radius 3 is 2.76 bits per heavy atom. The molecule has 0 saturated carbocycles. The smallest absolute Gasteiger partial charge is 0.223 e. The molecule has 38 heavy (non-hydrogen) atoms. The molecule has 5 rings (SSSR count). The summed E-state index contributed by atoms with van der Waals surface area (Å²) in [5.41, 5.74) is 6.99. The van der Waals surface area contributed by atoms with Crippen LogP contribution in [-0.2, 0) is 11.2 Å². The molecule has 0 atom stereocenters. The zero-order valence-electron chi connectivity index (χ0n) is 21.2. The van der Waals surface area contributed by atoms with E-state index in [1.165, 1.54) is 31.3 Å². The second-order valence-corrected chi connectivity index (χ2v) is 9.18. The highest BCUT2D eigenvalue weighted by atomic mass is 19.1. The fourth-order valence-electron chi connectivity index (χ4n) is 4.70. The molecular weight excluding hydrogens is 489 g/mol. The van der Waals surface area contributed by atoms with Gasteiger partial charge in [0, 0.05) is 29.8 Å². The van der Waals surface area contributed by atoms with Gasteiger partial charge < -0.3 is 20.1 Å². The van der Waals surface area contributed by atoms with E-state index in [-0.39, 0.29) is 6.42 Å². The largest absolute Gasteiger partial charge is 0.493 e. The number of carbonyl (C=O) groups excluding carboxylic acids is 1. The molecule has 1 aliphatic rings. The molecule has 1 saturated heterocycles. The summed E-state index contributed by atoms with van der Waals surface area (Å²) in [5.74, 6) is 1.07. The average Bonchev–Trinajstić information content (AvgIpc) is 3.59. The lowest BCUT2D eigenvalue weighted by Gasteiger charge is -2.23. The Bertz CT molecular complexity index is 1420. The van der Waals surface area contributed by atoms with E-state index in [0.717, 1.165) is 26.1 Å². The second-order valence-electron chi connectivity index (χ2n) is 9.18. The Hall–Kier alpha value is -4.25. The van der Waals surface area contributed by atoms with E-state index in [4.69, 9.17) is 15.2 Å². The van der Waals surface area contributed by atoms with Gasteiger partial charge in [0.2, 0.25) is 5.91 Å². The summed E-state index contributed by atoms with van der Waals surface area (Å²) in [6.07, 6.45) is 4.86. The molecule has 10 nitrogen and oxygen atoms in total. The van der Waals surface area contributed by atoms with E-state index in [0.29, 0.717) is 52.0 Å². The third kappa shape index (κ3) is 5.67. The van der Waals surface area contributed by atoms with Gasteiger partial charge in [0.1, 0.15) is 18.0 Å². The van der Waals surface area contributed by atoms with E-state index in [1.807, 2.05) is 12.1 Å². The lowest BCUT2D eigenvalue weighted by atomic mass is 10.1. The van der Waals surface area contributed by atoms with Crippen LogP contribution in [0.3, 0.4) is 0 Å². The first kappa shape index (κ1) is 25.4. The van der Waals surface area contributed by atoms with Gasteiger partial charge in [-0.3, -0.25) is 14.8 Å². The Labute approximate surface area is 219 Å². The molecule has 2 aromatic carbocycles. The number of hydrogen-bond acceptors (Lipinski definition) is 8. The van der Waals surface area contributed by atoms with E-state index in [2.05, 4.69) is 25.1 Å². The number of ether oxygens (including phenoxy) is 2. The molecule has 3 N–H and O–H groups in total. The van der Waals surface area contributed by atoms with E-state index >= 15 is 0 Å². The van der Waals surface area contributed by atoms with Gasteiger partial charge in [0.05, 0.1) is 31.3 Å². The number of halogens is 1. The molecule has 0 radical (unpaired) electrons. The number of amides is 1. The molecule has 1 aliphatic heterocycles. The number of methoxy groups -OCH3 is 1. The number of aromatic amines is 1. The number of nitrogens with one attached hydrogen (secondary N) is 1. The van der Waals surface area contributed by atoms with Crippen LogP contribution in [0, 0.1) is 5.82 Å². The number of benzene rings is 2. The van der Waals surface area contributed by atoms with Gasteiger partial charge in [0.15, 0.2) is 17.3 Å². The number of primary amides is 1. The Morgan fingerprint density at radius 1 is 1.16 bits per heavy atom. The van der Waals surface area contributed by atoms with Crippen LogP contribution in [0.2, 0.25) is 0 Å². The van der Waals surface area contributed by atoms with Crippen molar-refractivity contribution < 1.29 is 18.7 Å². The number of fused-ring (bicyclic) bond motifs is 1. The van der Waals surface area contributed by atoms with Gasteiger partial charge in [-0.25, -0.2) is 14.4 Å². The number of H-pyrrole nitrogens is 1. The molecule has 2 aromatic heterocycles. The number of likely N-dealkylation sites (tertiary alicyclic amines) is 1. The highest BCUT2D eigenvalue weighted by molar-refractivity contribution is 5.96. The second kappa shape index (κ2) is 11.4. The van der Waals surface area contributed by atoms with Crippen LogP contribution in [-0.4, -0.2) is 64.3 Å². The Balaban J connectivity index is 1.50. The van der Waals surface area contributed by atoms with Crippen LogP contribution in [0.5, 0.6) is 11.5 Å². The first-order valence-electron chi connectivity index (χ1n) is 12.6. The molecule has 0 unspecified atom stereocenters. The topological polar surface area (TPSA) is 122 Å². The lowest BCUT2D eigenvalue weighted by molar-refractivity contribution is -0.117. The van der Waals surface area contributed by atoms with Crippen molar-refractivity contribution in [2.45, 2.75) is 25.7 Å².